The largest absolute Gasteiger partial charge is 0.496 e. The number of rotatable bonds is 10. The number of benzene rings is 1. The standard InChI is InChI=1S/C39H58N2O4/c1-38-16-12-29(43)25-28(38)8-9-30-33-10-11-35(39(33,2)17-13-34(30)38)45-23-19-40-18-14-26(15-22-42)32-24-27-6-4-20-41-21-5-7-31(36(27)41)37(32)44-3/h15,22,24,28-30,33-35,40,43H,4-14,16-21,23,25H2,1-3H3/b26-15-/t28-,29+,30-,33-,34-,35-,38-,39-/m0/s1. The SMILES string of the molecule is COc1c(/C(=C\C=O)CCNCCO[C@H]2CC[C@H]3[C@@H]4CC[C@H]5C[C@H](O)CC[C@]5(C)[C@H]4CC[C@]23C)cc2c3c1CCCN3CCC2. The van der Waals surface area contributed by atoms with Crippen LogP contribution in [0.4, 0.5) is 5.69 Å². The van der Waals surface area contributed by atoms with Gasteiger partial charge < -0.3 is 24.8 Å². The molecule has 7 rings (SSSR count). The molecule has 4 saturated carbocycles. The molecule has 4 aliphatic carbocycles. The average molecular weight is 619 g/mol. The van der Waals surface area contributed by atoms with E-state index in [4.69, 9.17) is 9.47 Å². The lowest BCUT2D eigenvalue weighted by Gasteiger charge is -2.60. The Kier molecular flexibility index (Phi) is 9.13. The van der Waals surface area contributed by atoms with Crippen molar-refractivity contribution in [1.29, 1.82) is 0 Å². The van der Waals surface area contributed by atoms with Crippen LogP contribution in [0, 0.1) is 34.5 Å². The minimum absolute atomic E-state index is 0.0658. The molecule has 0 aromatic heterocycles. The van der Waals surface area contributed by atoms with Crippen molar-refractivity contribution in [2.75, 3.05) is 44.8 Å². The Hall–Kier alpha value is -1.89. The lowest BCUT2D eigenvalue weighted by Crippen LogP contribution is -2.54. The summed E-state index contributed by atoms with van der Waals surface area (Å²) in [5.74, 6) is 4.16. The van der Waals surface area contributed by atoms with Gasteiger partial charge in [-0.05, 0) is 154 Å². The van der Waals surface area contributed by atoms with Crippen molar-refractivity contribution in [1.82, 2.24) is 5.32 Å². The fourth-order valence-electron chi connectivity index (χ4n) is 11.8. The van der Waals surface area contributed by atoms with Crippen LogP contribution in [0.3, 0.4) is 0 Å². The minimum atomic E-state index is -0.0658. The molecule has 6 heteroatoms. The summed E-state index contributed by atoms with van der Waals surface area (Å²) in [5, 5.41) is 14.0. The Bertz CT molecular complexity index is 1280. The van der Waals surface area contributed by atoms with E-state index in [1.54, 1.807) is 13.2 Å². The first-order valence-electron chi connectivity index (χ1n) is 18.5. The number of hydrogen-bond donors (Lipinski definition) is 2. The monoisotopic (exact) mass is 618 g/mol. The number of hydrogen-bond acceptors (Lipinski definition) is 6. The summed E-state index contributed by atoms with van der Waals surface area (Å²) in [6.07, 6.45) is 19.4. The first kappa shape index (κ1) is 31.7. The molecule has 6 aliphatic rings. The van der Waals surface area contributed by atoms with Gasteiger partial charge in [-0.25, -0.2) is 0 Å². The third-order valence-electron chi connectivity index (χ3n) is 14.0. The zero-order valence-electron chi connectivity index (χ0n) is 28.3. The number of fused-ring (bicyclic) bond motifs is 5. The Balaban J connectivity index is 0.931. The number of carbonyl (C=O) groups excluding carboxylic acids is 1. The second-order valence-electron chi connectivity index (χ2n) is 16.0. The summed E-state index contributed by atoms with van der Waals surface area (Å²) >= 11 is 0. The number of nitrogens with one attached hydrogen (secondary N) is 1. The van der Waals surface area contributed by atoms with E-state index in [1.807, 2.05) is 0 Å². The van der Waals surface area contributed by atoms with Gasteiger partial charge in [0.15, 0.2) is 0 Å². The Labute approximate surface area is 271 Å². The van der Waals surface area contributed by atoms with Gasteiger partial charge in [0, 0.05) is 36.4 Å². The molecular weight excluding hydrogens is 560 g/mol. The summed E-state index contributed by atoms with van der Waals surface area (Å²) in [4.78, 5) is 14.3. The van der Waals surface area contributed by atoms with Crippen LogP contribution in [-0.2, 0) is 22.4 Å². The van der Waals surface area contributed by atoms with E-state index in [9.17, 15) is 9.90 Å². The van der Waals surface area contributed by atoms with Crippen molar-refractivity contribution < 1.29 is 19.4 Å². The number of aldehydes is 1. The number of methoxy groups -OCH3 is 1. The third kappa shape index (κ3) is 5.59. The van der Waals surface area contributed by atoms with Crippen LogP contribution in [0.2, 0.25) is 0 Å². The maximum atomic E-state index is 11.7. The maximum Gasteiger partial charge on any atom is 0.143 e. The van der Waals surface area contributed by atoms with Gasteiger partial charge >= 0.3 is 0 Å². The van der Waals surface area contributed by atoms with Crippen molar-refractivity contribution in [3.8, 4) is 5.75 Å². The molecule has 0 amide bonds. The molecule has 0 spiro atoms. The van der Waals surface area contributed by atoms with Crippen LogP contribution in [0.5, 0.6) is 5.75 Å². The number of anilines is 1. The highest BCUT2D eigenvalue weighted by Gasteiger charge is 2.60. The Morgan fingerprint density at radius 2 is 1.82 bits per heavy atom. The summed E-state index contributed by atoms with van der Waals surface area (Å²) in [5.41, 5.74) is 7.07. The molecule has 1 aromatic rings. The topological polar surface area (TPSA) is 71.0 Å². The smallest absolute Gasteiger partial charge is 0.143 e. The quantitative estimate of drug-likeness (QED) is 0.172. The molecule has 1 aromatic carbocycles. The summed E-state index contributed by atoms with van der Waals surface area (Å²) < 4.78 is 12.7. The maximum absolute atomic E-state index is 11.7. The molecule has 0 saturated heterocycles. The Morgan fingerprint density at radius 3 is 2.64 bits per heavy atom. The van der Waals surface area contributed by atoms with E-state index in [0.29, 0.717) is 16.9 Å². The lowest BCUT2D eigenvalue weighted by atomic mass is 9.45. The van der Waals surface area contributed by atoms with Gasteiger partial charge in [-0.2, -0.15) is 0 Å². The van der Waals surface area contributed by atoms with Crippen molar-refractivity contribution >= 4 is 17.5 Å². The van der Waals surface area contributed by atoms with E-state index < -0.39 is 0 Å². The van der Waals surface area contributed by atoms with Crippen LogP contribution in [0.1, 0.15) is 108 Å². The summed E-state index contributed by atoms with van der Waals surface area (Å²) in [6, 6.07) is 2.31. The van der Waals surface area contributed by atoms with Crippen LogP contribution in [0.15, 0.2) is 12.1 Å². The van der Waals surface area contributed by atoms with E-state index in [-0.39, 0.29) is 6.10 Å². The van der Waals surface area contributed by atoms with Gasteiger partial charge in [0.2, 0.25) is 0 Å². The van der Waals surface area contributed by atoms with Gasteiger partial charge in [0.25, 0.3) is 0 Å². The number of allylic oxidation sites excluding steroid dienone is 1. The van der Waals surface area contributed by atoms with Gasteiger partial charge in [0.05, 0.1) is 25.9 Å². The van der Waals surface area contributed by atoms with E-state index in [2.05, 4.69) is 30.1 Å². The van der Waals surface area contributed by atoms with Gasteiger partial charge in [-0.3, -0.25) is 4.79 Å². The van der Waals surface area contributed by atoms with Gasteiger partial charge in [0.1, 0.15) is 12.0 Å². The molecule has 0 unspecified atom stereocenters. The fourth-order valence-corrected chi connectivity index (χ4v) is 11.8. The summed E-state index contributed by atoms with van der Waals surface area (Å²) in [6.45, 7) is 9.80. The fraction of sp³-hybridized carbons (Fsp3) is 0.769. The molecule has 0 radical (unpaired) electrons. The molecule has 2 N–H and O–H groups in total. The van der Waals surface area contributed by atoms with Crippen LogP contribution < -0.4 is 15.0 Å². The molecule has 2 aliphatic heterocycles. The molecule has 0 bridgehead atoms. The van der Waals surface area contributed by atoms with Crippen molar-refractivity contribution in [3.05, 3.63) is 28.8 Å². The second-order valence-corrected chi connectivity index (χ2v) is 16.0. The molecule has 6 nitrogen and oxygen atoms in total. The molecular formula is C39H58N2O4. The average Bonchev–Trinajstić information content (AvgIpc) is 3.38. The second kappa shape index (κ2) is 13.0. The van der Waals surface area contributed by atoms with Crippen molar-refractivity contribution in [2.24, 2.45) is 34.5 Å². The van der Waals surface area contributed by atoms with Gasteiger partial charge in [-0.15, -0.1) is 0 Å². The highest BCUT2D eigenvalue weighted by atomic mass is 16.5. The number of aliphatic hydroxyl groups is 1. The zero-order chi connectivity index (χ0) is 31.2. The van der Waals surface area contributed by atoms with E-state index in [1.165, 1.54) is 68.2 Å². The molecule has 248 valence electrons. The first-order valence-corrected chi connectivity index (χ1v) is 18.5. The number of carbonyl (C=O) groups is 1. The van der Waals surface area contributed by atoms with Crippen LogP contribution >= 0.6 is 0 Å². The summed E-state index contributed by atoms with van der Waals surface area (Å²) in [7, 11) is 1.78. The third-order valence-corrected chi connectivity index (χ3v) is 14.0. The van der Waals surface area contributed by atoms with Crippen molar-refractivity contribution in [2.45, 2.75) is 116 Å². The highest BCUT2D eigenvalue weighted by Crippen LogP contribution is 2.66. The lowest BCUT2D eigenvalue weighted by molar-refractivity contribution is -0.140. The predicted octanol–water partition coefficient (Wildman–Crippen LogP) is 6.74. The Morgan fingerprint density at radius 1 is 1.02 bits per heavy atom. The number of aryl methyl sites for hydroxylation is 1. The van der Waals surface area contributed by atoms with Crippen LogP contribution in [0.25, 0.3) is 5.57 Å². The number of aliphatic hydroxyl groups excluding tert-OH is 1. The van der Waals surface area contributed by atoms with E-state index in [0.717, 1.165) is 118 Å². The van der Waals surface area contributed by atoms with E-state index >= 15 is 0 Å². The molecule has 4 fully saturated rings. The van der Waals surface area contributed by atoms with Crippen molar-refractivity contribution in [3.63, 3.8) is 0 Å². The zero-order valence-corrected chi connectivity index (χ0v) is 28.3. The highest BCUT2D eigenvalue weighted by molar-refractivity contribution is 5.86. The number of nitrogens with zero attached hydrogens (tertiary/aromatic N) is 1. The number of ether oxygens (including phenoxy) is 2. The van der Waals surface area contributed by atoms with Crippen LogP contribution in [-0.4, -0.2) is 63.5 Å². The first-order chi connectivity index (χ1) is 21.9. The van der Waals surface area contributed by atoms with Gasteiger partial charge in [-0.1, -0.05) is 13.8 Å². The predicted molar refractivity (Wildman–Crippen MR) is 181 cm³/mol. The molecule has 2 heterocycles. The minimum Gasteiger partial charge on any atom is -0.496 e. The normalized spacial score (nSPS) is 37.3. The molecule has 45 heavy (non-hydrogen) atoms. The molecule has 8 atom stereocenters.